The first-order valence-corrected chi connectivity index (χ1v) is 8.41. The van der Waals surface area contributed by atoms with Gasteiger partial charge in [0.1, 0.15) is 18.0 Å². The van der Waals surface area contributed by atoms with Crippen LogP contribution in [0.3, 0.4) is 0 Å². The van der Waals surface area contributed by atoms with Crippen LogP contribution in [0.25, 0.3) is 0 Å². The van der Waals surface area contributed by atoms with Gasteiger partial charge in [0, 0.05) is 13.1 Å². The number of benzene rings is 2. The summed E-state index contributed by atoms with van der Waals surface area (Å²) in [5.74, 6) is 0.814. The van der Waals surface area contributed by atoms with Gasteiger partial charge in [-0.3, -0.25) is 0 Å². The van der Waals surface area contributed by atoms with Gasteiger partial charge in [0.25, 0.3) is 0 Å². The first-order valence-electron chi connectivity index (χ1n) is 8.41. The minimum Gasteiger partial charge on any atom is -0.489 e. The highest BCUT2D eigenvalue weighted by atomic mass is 16.5. The largest absolute Gasteiger partial charge is 0.489 e. The summed E-state index contributed by atoms with van der Waals surface area (Å²) >= 11 is 0. The molecule has 122 valence electrons. The van der Waals surface area contributed by atoms with Gasteiger partial charge >= 0.3 is 0 Å². The zero-order chi connectivity index (χ0) is 16.1. The van der Waals surface area contributed by atoms with Crippen LogP contribution in [-0.4, -0.2) is 29.6 Å². The van der Waals surface area contributed by atoms with Crippen molar-refractivity contribution in [3.05, 3.63) is 65.7 Å². The molecule has 1 N–H and O–H groups in total. The molecular weight excluding hydrogens is 286 g/mol. The van der Waals surface area contributed by atoms with Crippen molar-refractivity contribution in [3.63, 3.8) is 0 Å². The average Bonchev–Trinajstić information content (AvgIpc) is 2.97. The predicted molar refractivity (Wildman–Crippen MR) is 92.5 cm³/mol. The normalized spacial score (nSPS) is 21.5. The van der Waals surface area contributed by atoms with E-state index in [0.29, 0.717) is 13.2 Å². The lowest BCUT2D eigenvalue weighted by Gasteiger charge is -2.24. The van der Waals surface area contributed by atoms with E-state index in [9.17, 15) is 5.11 Å². The van der Waals surface area contributed by atoms with Gasteiger partial charge in [-0.25, -0.2) is 0 Å². The van der Waals surface area contributed by atoms with Gasteiger partial charge in [0.05, 0.1) is 0 Å². The van der Waals surface area contributed by atoms with Crippen LogP contribution in [0, 0.1) is 0 Å². The van der Waals surface area contributed by atoms with E-state index in [1.807, 2.05) is 42.5 Å². The number of aliphatic hydroxyl groups is 1. The van der Waals surface area contributed by atoms with Crippen molar-refractivity contribution in [2.75, 3.05) is 19.6 Å². The van der Waals surface area contributed by atoms with Crippen LogP contribution in [0.4, 0.5) is 0 Å². The third-order valence-corrected chi connectivity index (χ3v) is 4.49. The molecule has 1 heterocycles. The van der Waals surface area contributed by atoms with Crippen molar-refractivity contribution in [3.8, 4) is 5.75 Å². The molecule has 0 spiro atoms. The number of hydrogen-bond donors (Lipinski definition) is 1. The summed E-state index contributed by atoms with van der Waals surface area (Å²) in [5.41, 5.74) is 1.36. The van der Waals surface area contributed by atoms with Crippen LogP contribution in [0.5, 0.6) is 5.75 Å². The molecule has 1 aliphatic heterocycles. The minimum atomic E-state index is -0.749. The lowest BCUT2D eigenvalue weighted by atomic mass is 9.93. The van der Waals surface area contributed by atoms with Crippen LogP contribution < -0.4 is 4.74 Å². The fourth-order valence-electron chi connectivity index (χ4n) is 3.23. The summed E-state index contributed by atoms with van der Waals surface area (Å²) in [6.07, 6.45) is 1.91. The summed E-state index contributed by atoms with van der Waals surface area (Å²) in [7, 11) is 0. The molecule has 0 aliphatic carbocycles. The van der Waals surface area contributed by atoms with Gasteiger partial charge in [-0.2, -0.15) is 0 Å². The highest BCUT2D eigenvalue weighted by molar-refractivity contribution is 5.33. The summed E-state index contributed by atoms with van der Waals surface area (Å²) in [6, 6.07) is 18.0. The molecule has 1 aliphatic rings. The summed E-state index contributed by atoms with van der Waals surface area (Å²) in [5, 5.41) is 11.0. The maximum Gasteiger partial charge on any atom is 0.120 e. The first kappa shape index (κ1) is 16.0. The molecule has 0 amide bonds. The topological polar surface area (TPSA) is 32.7 Å². The molecule has 3 nitrogen and oxygen atoms in total. The fraction of sp³-hybridized carbons (Fsp3) is 0.400. The molecule has 23 heavy (non-hydrogen) atoms. The van der Waals surface area contributed by atoms with Crippen LogP contribution in [0.1, 0.15) is 30.9 Å². The molecule has 0 aromatic heterocycles. The molecule has 1 unspecified atom stereocenters. The average molecular weight is 311 g/mol. The molecule has 3 rings (SSSR count). The maximum atomic E-state index is 11.0. The second-order valence-electron chi connectivity index (χ2n) is 6.36. The zero-order valence-corrected chi connectivity index (χ0v) is 13.7. The Morgan fingerprint density at radius 3 is 2.74 bits per heavy atom. The SMILES string of the molecule is CCCN1CCC(O)(c2cccc(OCc3ccccc3)c2)C1. The summed E-state index contributed by atoms with van der Waals surface area (Å²) in [4.78, 5) is 2.33. The Bertz CT molecular complexity index is 629. The molecule has 0 saturated carbocycles. The van der Waals surface area contributed by atoms with E-state index in [4.69, 9.17) is 4.74 Å². The van der Waals surface area contributed by atoms with Crippen LogP contribution in [-0.2, 0) is 12.2 Å². The lowest BCUT2D eigenvalue weighted by molar-refractivity contribution is 0.0459. The van der Waals surface area contributed by atoms with Gasteiger partial charge in [0.2, 0.25) is 0 Å². The molecule has 2 aromatic rings. The number of hydrogen-bond acceptors (Lipinski definition) is 3. The van der Waals surface area contributed by atoms with Gasteiger partial charge in [-0.1, -0.05) is 49.4 Å². The number of nitrogens with zero attached hydrogens (tertiary/aromatic N) is 1. The van der Waals surface area contributed by atoms with Gasteiger partial charge in [0.15, 0.2) is 0 Å². The third-order valence-electron chi connectivity index (χ3n) is 4.49. The second-order valence-corrected chi connectivity index (χ2v) is 6.36. The van der Waals surface area contributed by atoms with Crippen LogP contribution in [0.2, 0.25) is 0 Å². The number of rotatable bonds is 6. The first-order chi connectivity index (χ1) is 11.2. The van der Waals surface area contributed by atoms with E-state index in [1.165, 1.54) is 0 Å². The van der Waals surface area contributed by atoms with E-state index in [-0.39, 0.29) is 0 Å². The molecule has 1 fully saturated rings. The van der Waals surface area contributed by atoms with Crippen molar-refractivity contribution in [2.24, 2.45) is 0 Å². The Morgan fingerprint density at radius 1 is 1.13 bits per heavy atom. The Labute approximate surface area is 138 Å². The Kier molecular flexibility index (Phi) is 4.99. The van der Waals surface area contributed by atoms with Crippen molar-refractivity contribution in [1.82, 2.24) is 4.90 Å². The second kappa shape index (κ2) is 7.16. The van der Waals surface area contributed by atoms with Crippen molar-refractivity contribution < 1.29 is 9.84 Å². The molecule has 0 radical (unpaired) electrons. The Morgan fingerprint density at radius 2 is 1.96 bits per heavy atom. The molecular formula is C20H25NO2. The smallest absolute Gasteiger partial charge is 0.120 e. The van der Waals surface area contributed by atoms with Crippen LogP contribution in [0.15, 0.2) is 54.6 Å². The van der Waals surface area contributed by atoms with Gasteiger partial charge < -0.3 is 14.7 Å². The van der Waals surface area contributed by atoms with E-state index in [0.717, 1.165) is 42.8 Å². The monoisotopic (exact) mass is 311 g/mol. The zero-order valence-electron chi connectivity index (χ0n) is 13.7. The molecule has 3 heteroatoms. The number of β-amino-alcohol motifs (C(OH)–C–C–N with tert-alkyl or cyclic N) is 1. The Balaban J connectivity index is 1.68. The molecule has 1 atom stereocenters. The quantitative estimate of drug-likeness (QED) is 0.885. The van der Waals surface area contributed by atoms with E-state index >= 15 is 0 Å². The third kappa shape index (κ3) is 3.92. The summed E-state index contributed by atoms with van der Waals surface area (Å²) < 4.78 is 5.89. The highest BCUT2D eigenvalue weighted by Gasteiger charge is 2.37. The van der Waals surface area contributed by atoms with Crippen molar-refractivity contribution in [2.45, 2.75) is 32.0 Å². The highest BCUT2D eigenvalue weighted by Crippen LogP contribution is 2.33. The molecule has 1 saturated heterocycles. The minimum absolute atomic E-state index is 0.546. The van der Waals surface area contributed by atoms with Crippen molar-refractivity contribution >= 4 is 0 Å². The fourth-order valence-corrected chi connectivity index (χ4v) is 3.23. The lowest BCUT2D eigenvalue weighted by Crippen LogP contribution is -2.31. The van der Waals surface area contributed by atoms with E-state index in [1.54, 1.807) is 0 Å². The predicted octanol–water partition coefficient (Wildman–Crippen LogP) is 3.57. The van der Waals surface area contributed by atoms with E-state index < -0.39 is 5.60 Å². The molecule has 0 bridgehead atoms. The number of ether oxygens (including phenoxy) is 1. The van der Waals surface area contributed by atoms with Crippen LogP contribution >= 0.6 is 0 Å². The van der Waals surface area contributed by atoms with Crippen molar-refractivity contribution in [1.29, 1.82) is 0 Å². The standard InChI is InChI=1S/C20H25NO2/c1-2-12-21-13-11-20(22,16-21)18-9-6-10-19(14-18)23-15-17-7-4-3-5-8-17/h3-10,14,22H,2,11-13,15-16H2,1H3. The number of likely N-dealkylation sites (tertiary alicyclic amines) is 1. The molecule has 2 aromatic carbocycles. The van der Waals surface area contributed by atoms with Gasteiger partial charge in [-0.15, -0.1) is 0 Å². The van der Waals surface area contributed by atoms with Gasteiger partial charge in [-0.05, 0) is 42.6 Å². The Hall–Kier alpha value is -1.84. The maximum absolute atomic E-state index is 11.0. The summed E-state index contributed by atoms with van der Waals surface area (Å²) in [6.45, 7) is 5.44. The van der Waals surface area contributed by atoms with E-state index in [2.05, 4.69) is 24.0 Å².